The lowest BCUT2D eigenvalue weighted by Crippen LogP contribution is -2.47. The molecule has 3 heterocycles. The van der Waals surface area contributed by atoms with Gasteiger partial charge >= 0.3 is 5.69 Å². The Balaban J connectivity index is 1.56. The van der Waals surface area contributed by atoms with Crippen molar-refractivity contribution in [2.75, 3.05) is 43.5 Å². The number of unbranched alkanes of at least 4 members (excludes halogenated alkanes) is 1. The number of nitrogens with two attached hydrogens (primary N) is 1. The van der Waals surface area contributed by atoms with Gasteiger partial charge in [0.25, 0.3) is 5.56 Å². The van der Waals surface area contributed by atoms with Gasteiger partial charge in [-0.05, 0) is 37.9 Å². The highest BCUT2D eigenvalue weighted by molar-refractivity contribution is 5.96. The molecule has 10 heteroatoms. The number of nitrogen functional groups attached to an aromatic ring is 1. The van der Waals surface area contributed by atoms with E-state index in [4.69, 9.17) is 15.2 Å². The van der Waals surface area contributed by atoms with Crippen molar-refractivity contribution >= 4 is 17.4 Å². The largest absolute Gasteiger partial charge is 0.383 e. The Labute approximate surface area is 204 Å². The van der Waals surface area contributed by atoms with Gasteiger partial charge in [0.1, 0.15) is 5.82 Å². The van der Waals surface area contributed by atoms with Crippen LogP contribution >= 0.6 is 0 Å². The van der Waals surface area contributed by atoms with Crippen LogP contribution < -0.4 is 21.9 Å². The third kappa shape index (κ3) is 6.01. The number of H-pyrrole nitrogens is 1. The summed E-state index contributed by atoms with van der Waals surface area (Å²) in [5.74, 6) is 0.106. The van der Waals surface area contributed by atoms with Gasteiger partial charge in [-0.3, -0.25) is 28.9 Å². The van der Waals surface area contributed by atoms with E-state index in [0.29, 0.717) is 25.7 Å². The molecule has 0 saturated carbocycles. The molecule has 0 atom stereocenters. The standard InChI is InChI=1S/C25H35N5O5/c1-2-3-11-29-22(26)21(23(32)27-25(29)33)30(16-18-7-5-4-6-8-18)20(31)17-28-12-9-19(10-13-28)24-34-14-15-35-24/h4-8,19,24H,2-3,9-17,26H2,1H3,(H,27,32,33). The Morgan fingerprint density at radius 2 is 1.83 bits per heavy atom. The van der Waals surface area contributed by atoms with Crippen LogP contribution in [0.5, 0.6) is 0 Å². The van der Waals surface area contributed by atoms with E-state index in [2.05, 4.69) is 9.88 Å². The van der Waals surface area contributed by atoms with Gasteiger partial charge in [-0.15, -0.1) is 0 Å². The number of amides is 1. The van der Waals surface area contributed by atoms with Crippen molar-refractivity contribution in [1.82, 2.24) is 14.5 Å². The van der Waals surface area contributed by atoms with Gasteiger partial charge in [-0.1, -0.05) is 43.7 Å². The van der Waals surface area contributed by atoms with Gasteiger partial charge in [-0.2, -0.15) is 0 Å². The first-order chi connectivity index (χ1) is 17.0. The third-order valence-electron chi connectivity index (χ3n) is 6.73. The zero-order chi connectivity index (χ0) is 24.8. The average Bonchev–Trinajstić information content (AvgIpc) is 3.39. The first-order valence-electron chi connectivity index (χ1n) is 12.4. The number of ether oxygens (including phenoxy) is 2. The number of piperidine rings is 1. The molecule has 0 unspecified atom stereocenters. The van der Waals surface area contributed by atoms with E-state index in [-0.39, 0.29) is 36.8 Å². The number of anilines is 2. The van der Waals surface area contributed by atoms with Crippen LogP contribution in [0.4, 0.5) is 11.5 Å². The summed E-state index contributed by atoms with van der Waals surface area (Å²) in [4.78, 5) is 44.8. The van der Waals surface area contributed by atoms with E-state index >= 15 is 0 Å². The summed E-state index contributed by atoms with van der Waals surface area (Å²) in [5, 5.41) is 0. The minimum atomic E-state index is -0.654. The zero-order valence-electron chi connectivity index (χ0n) is 20.3. The lowest BCUT2D eigenvalue weighted by molar-refractivity contribution is -0.121. The first kappa shape index (κ1) is 25.2. The second kappa shape index (κ2) is 11.7. The Morgan fingerprint density at radius 3 is 2.49 bits per heavy atom. The van der Waals surface area contributed by atoms with Crippen molar-refractivity contribution in [2.45, 2.75) is 52.0 Å². The Bertz CT molecular complexity index is 1100. The maximum absolute atomic E-state index is 13.6. The number of hydrogen-bond donors (Lipinski definition) is 2. The second-order valence-corrected chi connectivity index (χ2v) is 9.19. The van der Waals surface area contributed by atoms with Crippen LogP contribution in [0.3, 0.4) is 0 Å². The molecule has 2 aliphatic rings. The summed E-state index contributed by atoms with van der Waals surface area (Å²) >= 11 is 0. The molecular weight excluding hydrogens is 450 g/mol. The van der Waals surface area contributed by atoms with Gasteiger partial charge < -0.3 is 15.2 Å². The molecule has 1 aromatic heterocycles. The van der Waals surface area contributed by atoms with Crippen molar-refractivity contribution < 1.29 is 14.3 Å². The number of hydrogen-bond acceptors (Lipinski definition) is 7. The van der Waals surface area contributed by atoms with Gasteiger partial charge in [0.05, 0.1) is 26.3 Å². The predicted octanol–water partition coefficient (Wildman–Crippen LogP) is 1.54. The van der Waals surface area contributed by atoms with Crippen LogP contribution in [-0.2, 0) is 27.4 Å². The molecule has 0 bridgehead atoms. The second-order valence-electron chi connectivity index (χ2n) is 9.19. The number of likely N-dealkylation sites (tertiary alicyclic amines) is 1. The average molecular weight is 486 g/mol. The van der Waals surface area contributed by atoms with Crippen LogP contribution in [0.1, 0.15) is 38.2 Å². The predicted molar refractivity (Wildman–Crippen MR) is 133 cm³/mol. The van der Waals surface area contributed by atoms with Crippen molar-refractivity contribution in [3.63, 3.8) is 0 Å². The fourth-order valence-electron chi connectivity index (χ4n) is 4.74. The van der Waals surface area contributed by atoms with Gasteiger partial charge in [0.2, 0.25) is 5.91 Å². The summed E-state index contributed by atoms with van der Waals surface area (Å²) < 4.78 is 12.6. The van der Waals surface area contributed by atoms with E-state index < -0.39 is 11.2 Å². The van der Waals surface area contributed by atoms with E-state index in [1.165, 1.54) is 9.47 Å². The molecule has 2 aromatic rings. The van der Waals surface area contributed by atoms with Crippen LogP contribution in [0.2, 0.25) is 0 Å². The van der Waals surface area contributed by atoms with Crippen LogP contribution in [0.15, 0.2) is 39.9 Å². The van der Waals surface area contributed by atoms with E-state index in [1.807, 2.05) is 37.3 Å². The molecule has 0 spiro atoms. The Morgan fingerprint density at radius 1 is 1.14 bits per heavy atom. The molecule has 0 radical (unpaired) electrons. The highest BCUT2D eigenvalue weighted by Crippen LogP contribution is 2.26. The maximum Gasteiger partial charge on any atom is 0.330 e. The van der Waals surface area contributed by atoms with Crippen molar-refractivity contribution in [3.8, 4) is 0 Å². The fourth-order valence-corrected chi connectivity index (χ4v) is 4.74. The normalized spacial score (nSPS) is 17.6. The quantitative estimate of drug-likeness (QED) is 0.552. The molecule has 35 heavy (non-hydrogen) atoms. The molecule has 2 fully saturated rings. The van der Waals surface area contributed by atoms with Crippen molar-refractivity contribution in [3.05, 3.63) is 56.7 Å². The molecule has 0 aliphatic carbocycles. The number of nitrogens with one attached hydrogen (secondary N) is 1. The van der Waals surface area contributed by atoms with Crippen LogP contribution in [-0.4, -0.2) is 59.5 Å². The van der Waals surface area contributed by atoms with Crippen molar-refractivity contribution in [2.24, 2.45) is 5.92 Å². The fraction of sp³-hybridized carbons (Fsp3) is 0.560. The molecule has 2 aliphatic heterocycles. The summed E-state index contributed by atoms with van der Waals surface area (Å²) in [6.45, 7) is 5.45. The monoisotopic (exact) mass is 485 g/mol. The molecule has 190 valence electrons. The molecule has 1 amide bonds. The number of aromatic amines is 1. The highest BCUT2D eigenvalue weighted by Gasteiger charge is 2.32. The number of carbonyl (C=O) groups excluding carboxylic acids is 1. The Kier molecular flexibility index (Phi) is 8.37. The minimum absolute atomic E-state index is 0.0192. The van der Waals surface area contributed by atoms with Crippen LogP contribution in [0, 0.1) is 5.92 Å². The summed E-state index contributed by atoms with van der Waals surface area (Å²) in [6.07, 6.45) is 3.19. The number of aromatic nitrogens is 2. The van der Waals surface area contributed by atoms with Gasteiger partial charge in [-0.25, -0.2) is 4.79 Å². The van der Waals surface area contributed by atoms with E-state index in [9.17, 15) is 14.4 Å². The number of carbonyl (C=O) groups is 1. The zero-order valence-corrected chi connectivity index (χ0v) is 20.3. The summed E-state index contributed by atoms with van der Waals surface area (Å²) in [5.41, 5.74) is 6.02. The maximum atomic E-state index is 13.6. The van der Waals surface area contributed by atoms with Crippen molar-refractivity contribution in [1.29, 1.82) is 0 Å². The van der Waals surface area contributed by atoms with E-state index in [1.54, 1.807) is 0 Å². The van der Waals surface area contributed by atoms with Gasteiger partial charge in [0.15, 0.2) is 12.0 Å². The molecule has 2 saturated heterocycles. The third-order valence-corrected chi connectivity index (χ3v) is 6.73. The minimum Gasteiger partial charge on any atom is -0.383 e. The van der Waals surface area contributed by atoms with Crippen LogP contribution in [0.25, 0.3) is 0 Å². The smallest absolute Gasteiger partial charge is 0.330 e. The molecule has 1 aromatic carbocycles. The molecule has 4 rings (SSSR count). The summed E-state index contributed by atoms with van der Waals surface area (Å²) in [7, 11) is 0. The van der Waals surface area contributed by atoms with E-state index in [0.717, 1.165) is 44.3 Å². The molecular formula is C25H35N5O5. The number of nitrogens with zero attached hydrogens (tertiary/aromatic N) is 3. The van der Waals surface area contributed by atoms with Gasteiger partial charge in [0, 0.05) is 12.5 Å². The lowest BCUT2D eigenvalue weighted by Gasteiger charge is -2.34. The number of rotatable bonds is 9. The first-order valence-corrected chi connectivity index (χ1v) is 12.4. The molecule has 3 N–H and O–H groups in total. The highest BCUT2D eigenvalue weighted by atomic mass is 16.7. The lowest BCUT2D eigenvalue weighted by atomic mass is 9.96. The number of benzene rings is 1. The SMILES string of the molecule is CCCCn1c(N)c(N(Cc2ccccc2)C(=O)CN2CCC(C3OCCO3)CC2)c(=O)[nH]c1=O. The summed E-state index contributed by atoms with van der Waals surface area (Å²) in [6, 6.07) is 9.44. The topological polar surface area (TPSA) is 123 Å². The molecule has 10 nitrogen and oxygen atoms in total. The Hall–Kier alpha value is -2.95.